The van der Waals surface area contributed by atoms with Crippen molar-refractivity contribution in [2.45, 2.75) is 19.8 Å². The smallest absolute Gasteiger partial charge is 0.227 e. The van der Waals surface area contributed by atoms with Crippen LogP contribution in [0.25, 0.3) is 0 Å². The summed E-state index contributed by atoms with van der Waals surface area (Å²) >= 11 is 5.96. The first-order valence-corrected chi connectivity index (χ1v) is 8.80. The van der Waals surface area contributed by atoms with Gasteiger partial charge in [0, 0.05) is 30.2 Å². The standard InChI is InChI=1S/C20H21ClN2O2/c1-14-5-7-18(8-6-14)23-13-16(12-19(23)24)20(25)22-10-9-15-3-2-4-17(21)11-15/h2-8,11,16H,9-10,12-13H2,1H3,(H,22,25). The Morgan fingerprint density at radius 1 is 1.24 bits per heavy atom. The van der Waals surface area contributed by atoms with Crippen molar-refractivity contribution < 1.29 is 9.59 Å². The van der Waals surface area contributed by atoms with E-state index < -0.39 is 0 Å². The van der Waals surface area contributed by atoms with Gasteiger partial charge in [-0.2, -0.15) is 0 Å². The highest BCUT2D eigenvalue weighted by atomic mass is 35.5. The molecule has 3 rings (SSSR count). The summed E-state index contributed by atoms with van der Waals surface area (Å²) < 4.78 is 0. The maximum absolute atomic E-state index is 12.4. The van der Waals surface area contributed by atoms with Gasteiger partial charge in [0.2, 0.25) is 11.8 Å². The fourth-order valence-electron chi connectivity index (χ4n) is 3.02. The number of rotatable bonds is 5. The van der Waals surface area contributed by atoms with E-state index in [1.807, 2.05) is 55.5 Å². The molecule has 0 bridgehead atoms. The van der Waals surface area contributed by atoms with Gasteiger partial charge in [0.15, 0.2) is 0 Å². The number of benzene rings is 2. The normalized spacial score (nSPS) is 17.0. The van der Waals surface area contributed by atoms with Crippen LogP contribution in [-0.2, 0) is 16.0 Å². The summed E-state index contributed by atoms with van der Waals surface area (Å²) in [6, 6.07) is 15.4. The molecule has 1 fully saturated rings. The van der Waals surface area contributed by atoms with Crippen LogP contribution < -0.4 is 10.2 Å². The number of amides is 2. The van der Waals surface area contributed by atoms with Gasteiger partial charge in [0.05, 0.1) is 5.92 Å². The zero-order valence-electron chi connectivity index (χ0n) is 14.2. The van der Waals surface area contributed by atoms with Gasteiger partial charge in [-0.3, -0.25) is 9.59 Å². The number of anilines is 1. The Hall–Kier alpha value is -2.33. The van der Waals surface area contributed by atoms with Crippen molar-refractivity contribution in [2.75, 3.05) is 18.0 Å². The molecule has 0 aliphatic carbocycles. The van der Waals surface area contributed by atoms with Crippen LogP contribution in [0.2, 0.25) is 5.02 Å². The number of nitrogens with zero attached hydrogens (tertiary/aromatic N) is 1. The van der Waals surface area contributed by atoms with Gasteiger partial charge in [-0.05, 0) is 43.2 Å². The Bertz CT molecular complexity index is 774. The minimum Gasteiger partial charge on any atom is -0.355 e. The van der Waals surface area contributed by atoms with Crippen molar-refractivity contribution in [2.24, 2.45) is 5.92 Å². The van der Waals surface area contributed by atoms with E-state index in [0.29, 0.717) is 24.5 Å². The van der Waals surface area contributed by atoms with E-state index in [-0.39, 0.29) is 24.2 Å². The van der Waals surface area contributed by atoms with Crippen LogP contribution in [0.4, 0.5) is 5.69 Å². The van der Waals surface area contributed by atoms with E-state index in [1.54, 1.807) is 4.90 Å². The molecule has 1 heterocycles. The lowest BCUT2D eigenvalue weighted by molar-refractivity contribution is -0.126. The predicted molar refractivity (Wildman–Crippen MR) is 99.8 cm³/mol. The molecule has 1 saturated heterocycles. The van der Waals surface area contributed by atoms with Gasteiger partial charge in [0.1, 0.15) is 0 Å². The molecular weight excluding hydrogens is 336 g/mol. The molecule has 0 saturated carbocycles. The van der Waals surface area contributed by atoms with Crippen molar-refractivity contribution >= 4 is 29.1 Å². The van der Waals surface area contributed by atoms with Gasteiger partial charge in [-0.1, -0.05) is 41.4 Å². The molecule has 25 heavy (non-hydrogen) atoms. The molecule has 0 aromatic heterocycles. The second-order valence-electron chi connectivity index (χ2n) is 6.41. The molecule has 0 radical (unpaired) electrons. The fourth-order valence-corrected chi connectivity index (χ4v) is 3.24. The molecular formula is C20H21ClN2O2. The molecule has 1 unspecified atom stereocenters. The minimum atomic E-state index is -0.298. The molecule has 2 amide bonds. The molecule has 5 heteroatoms. The molecule has 4 nitrogen and oxygen atoms in total. The highest BCUT2D eigenvalue weighted by Gasteiger charge is 2.34. The summed E-state index contributed by atoms with van der Waals surface area (Å²) in [4.78, 5) is 26.3. The van der Waals surface area contributed by atoms with E-state index in [9.17, 15) is 9.59 Å². The van der Waals surface area contributed by atoms with Crippen molar-refractivity contribution in [3.8, 4) is 0 Å². The molecule has 1 N–H and O–H groups in total. The highest BCUT2D eigenvalue weighted by Crippen LogP contribution is 2.25. The van der Waals surface area contributed by atoms with Gasteiger partial charge < -0.3 is 10.2 Å². The maximum Gasteiger partial charge on any atom is 0.227 e. The lowest BCUT2D eigenvalue weighted by Gasteiger charge is -2.17. The zero-order chi connectivity index (χ0) is 17.8. The number of nitrogens with one attached hydrogen (secondary N) is 1. The van der Waals surface area contributed by atoms with Crippen LogP contribution in [0.5, 0.6) is 0 Å². The molecule has 1 atom stereocenters. The SMILES string of the molecule is Cc1ccc(N2CC(C(=O)NCCc3cccc(Cl)c3)CC2=O)cc1. The molecule has 1 aliphatic rings. The summed E-state index contributed by atoms with van der Waals surface area (Å²) in [5, 5.41) is 3.63. The van der Waals surface area contributed by atoms with E-state index in [1.165, 1.54) is 0 Å². The summed E-state index contributed by atoms with van der Waals surface area (Å²) in [6.45, 7) is 2.98. The molecule has 2 aromatic carbocycles. The quantitative estimate of drug-likeness (QED) is 0.893. The summed E-state index contributed by atoms with van der Waals surface area (Å²) in [7, 11) is 0. The summed E-state index contributed by atoms with van der Waals surface area (Å²) in [5.41, 5.74) is 3.08. The third-order valence-corrected chi connectivity index (χ3v) is 4.68. The van der Waals surface area contributed by atoms with Gasteiger partial charge in [-0.25, -0.2) is 0 Å². The first-order chi connectivity index (χ1) is 12.0. The lowest BCUT2D eigenvalue weighted by atomic mass is 10.1. The van der Waals surface area contributed by atoms with Crippen molar-refractivity contribution in [3.63, 3.8) is 0 Å². The third-order valence-electron chi connectivity index (χ3n) is 4.44. The second kappa shape index (κ2) is 7.70. The number of carbonyl (C=O) groups excluding carboxylic acids is 2. The van der Waals surface area contributed by atoms with Crippen molar-refractivity contribution in [1.82, 2.24) is 5.32 Å². The van der Waals surface area contributed by atoms with E-state index >= 15 is 0 Å². The lowest BCUT2D eigenvalue weighted by Crippen LogP contribution is -2.34. The number of hydrogen-bond donors (Lipinski definition) is 1. The Labute approximate surface area is 152 Å². The number of halogens is 1. The third kappa shape index (κ3) is 4.40. The molecule has 130 valence electrons. The Kier molecular flexibility index (Phi) is 5.39. The van der Waals surface area contributed by atoms with Crippen LogP contribution in [0, 0.1) is 12.8 Å². The first-order valence-electron chi connectivity index (χ1n) is 8.42. The monoisotopic (exact) mass is 356 g/mol. The average Bonchev–Trinajstić information content (AvgIpc) is 2.97. The number of hydrogen-bond acceptors (Lipinski definition) is 2. The summed E-state index contributed by atoms with van der Waals surface area (Å²) in [5.74, 6) is -0.364. The van der Waals surface area contributed by atoms with Crippen LogP contribution >= 0.6 is 11.6 Å². The molecule has 0 spiro atoms. The maximum atomic E-state index is 12.4. The number of carbonyl (C=O) groups is 2. The second-order valence-corrected chi connectivity index (χ2v) is 6.85. The van der Waals surface area contributed by atoms with Crippen molar-refractivity contribution in [1.29, 1.82) is 0 Å². The first kappa shape index (κ1) is 17.5. The Balaban J connectivity index is 1.53. The summed E-state index contributed by atoms with van der Waals surface area (Å²) in [6.07, 6.45) is 0.978. The van der Waals surface area contributed by atoms with Crippen molar-refractivity contribution in [3.05, 3.63) is 64.7 Å². The largest absolute Gasteiger partial charge is 0.355 e. The van der Waals surface area contributed by atoms with Crippen LogP contribution in [0.15, 0.2) is 48.5 Å². The number of aryl methyl sites for hydroxylation is 1. The average molecular weight is 357 g/mol. The Morgan fingerprint density at radius 3 is 2.72 bits per heavy atom. The van der Waals surface area contributed by atoms with E-state index in [2.05, 4.69) is 5.32 Å². The van der Waals surface area contributed by atoms with Gasteiger partial charge >= 0.3 is 0 Å². The Morgan fingerprint density at radius 2 is 2.00 bits per heavy atom. The zero-order valence-corrected chi connectivity index (χ0v) is 14.9. The molecule has 1 aliphatic heterocycles. The van der Waals surface area contributed by atoms with Gasteiger partial charge in [-0.15, -0.1) is 0 Å². The van der Waals surface area contributed by atoms with Gasteiger partial charge in [0.25, 0.3) is 0 Å². The van der Waals surface area contributed by atoms with E-state index in [0.717, 1.165) is 16.8 Å². The predicted octanol–water partition coefficient (Wildman–Crippen LogP) is 3.36. The van der Waals surface area contributed by atoms with Crippen LogP contribution in [-0.4, -0.2) is 24.9 Å². The molecule has 2 aromatic rings. The topological polar surface area (TPSA) is 49.4 Å². The highest BCUT2D eigenvalue weighted by molar-refractivity contribution is 6.30. The minimum absolute atomic E-state index is 0.00107. The van der Waals surface area contributed by atoms with Crippen LogP contribution in [0.3, 0.4) is 0 Å². The van der Waals surface area contributed by atoms with E-state index in [4.69, 9.17) is 11.6 Å². The fraction of sp³-hybridized carbons (Fsp3) is 0.300. The van der Waals surface area contributed by atoms with Crippen LogP contribution in [0.1, 0.15) is 17.5 Å².